The van der Waals surface area contributed by atoms with Gasteiger partial charge in [-0.15, -0.1) is 0 Å². The molecule has 8 nitrogen and oxygen atoms in total. The third-order valence-electron chi connectivity index (χ3n) is 4.10. The molecule has 1 fully saturated rings. The Labute approximate surface area is 157 Å². The fraction of sp³-hybridized carbons (Fsp3) is 0.588. The molecule has 9 heteroatoms. The molecule has 2 amide bonds. The average Bonchev–Trinajstić information content (AvgIpc) is 2.53. The Bertz CT molecular complexity index is 677. The third-order valence-corrected chi connectivity index (χ3v) is 4.30. The van der Waals surface area contributed by atoms with E-state index in [1.165, 1.54) is 12.3 Å². The highest BCUT2D eigenvalue weighted by Gasteiger charge is 2.33. The van der Waals surface area contributed by atoms with E-state index in [-0.39, 0.29) is 29.3 Å². The van der Waals surface area contributed by atoms with Crippen LogP contribution in [0, 0.1) is 5.92 Å². The minimum absolute atomic E-state index is 0.123. The van der Waals surface area contributed by atoms with Crippen molar-refractivity contribution in [1.29, 1.82) is 0 Å². The molecule has 0 bridgehead atoms. The molecule has 0 unspecified atom stereocenters. The van der Waals surface area contributed by atoms with Gasteiger partial charge in [0.05, 0.1) is 11.3 Å². The summed E-state index contributed by atoms with van der Waals surface area (Å²) in [7, 11) is 0. The summed E-state index contributed by atoms with van der Waals surface area (Å²) in [6, 6.07) is 1.37. The van der Waals surface area contributed by atoms with Crippen LogP contribution >= 0.6 is 11.6 Å². The average molecular weight is 385 g/mol. The second-order valence-electron chi connectivity index (χ2n) is 7.33. The van der Waals surface area contributed by atoms with Crippen LogP contribution in [-0.4, -0.2) is 58.3 Å². The topological polar surface area (TPSA) is 118 Å². The SMILES string of the molecule is CC(C)(C)OC(=O)N1CC[C@@H](Nc2cc(Cl)ncc2C(N)=O)[C@@H](CO)C1. The number of aliphatic hydroxyl groups is 1. The highest BCUT2D eigenvalue weighted by molar-refractivity contribution is 6.29. The van der Waals surface area contributed by atoms with Gasteiger partial charge in [-0.25, -0.2) is 9.78 Å². The number of nitrogens with zero attached hydrogens (tertiary/aromatic N) is 2. The van der Waals surface area contributed by atoms with Crippen molar-refractivity contribution in [2.24, 2.45) is 11.7 Å². The zero-order chi connectivity index (χ0) is 19.5. The van der Waals surface area contributed by atoms with Gasteiger partial charge in [-0.2, -0.15) is 0 Å². The molecule has 0 spiro atoms. The first-order valence-electron chi connectivity index (χ1n) is 8.41. The molecule has 4 N–H and O–H groups in total. The lowest BCUT2D eigenvalue weighted by Crippen LogP contribution is -2.51. The quantitative estimate of drug-likeness (QED) is 0.682. The molecule has 144 valence electrons. The lowest BCUT2D eigenvalue weighted by Gasteiger charge is -2.39. The summed E-state index contributed by atoms with van der Waals surface area (Å²) in [5, 5.41) is 13.2. The standard InChI is InChI=1S/C17H25ClN4O4/c1-17(2,3)26-16(25)22-5-4-12(10(8-22)9-23)21-13-6-14(18)20-7-11(13)15(19)24/h6-7,10,12,23H,4-5,8-9H2,1-3H3,(H2,19,24)(H,20,21)/t10-,12-/m1/s1. The van der Waals surface area contributed by atoms with E-state index >= 15 is 0 Å². The van der Waals surface area contributed by atoms with E-state index in [1.807, 2.05) is 0 Å². The second-order valence-corrected chi connectivity index (χ2v) is 7.71. The number of nitrogens with one attached hydrogen (secondary N) is 1. The predicted molar refractivity (Wildman–Crippen MR) is 98.2 cm³/mol. The zero-order valence-corrected chi connectivity index (χ0v) is 15.9. The molecule has 0 radical (unpaired) electrons. The number of anilines is 1. The predicted octanol–water partition coefficient (Wildman–Crippen LogP) is 1.86. The molecular weight excluding hydrogens is 360 g/mol. The Morgan fingerprint density at radius 3 is 2.77 bits per heavy atom. The first kappa shape index (κ1) is 20.3. The van der Waals surface area contributed by atoms with Crippen LogP contribution in [0.4, 0.5) is 10.5 Å². The summed E-state index contributed by atoms with van der Waals surface area (Å²) in [4.78, 5) is 29.3. The Morgan fingerprint density at radius 1 is 1.50 bits per heavy atom. The number of piperidine rings is 1. The van der Waals surface area contributed by atoms with Crippen LogP contribution in [0.25, 0.3) is 0 Å². The molecule has 1 aromatic rings. The van der Waals surface area contributed by atoms with Crippen molar-refractivity contribution in [3.8, 4) is 0 Å². The largest absolute Gasteiger partial charge is 0.444 e. The summed E-state index contributed by atoms with van der Waals surface area (Å²) in [5.74, 6) is -0.854. The van der Waals surface area contributed by atoms with Crippen molar-refractivity contribution >= 4 is 29.3 Å². The van der Waals surface area contributed by atoms with Gasteiger partial charge in [0, 0.05) is 37.9 Å². The van der Waals surface area contributed by atoms with Crippen LogP contribution in [0.15, 0.2) is 12.3 Å². The van der Waals surface area contributed by atoms with Crippen molar-refractivity contribution in [3.63, 3.8) is 0 Å². The first-order chi connectivity index (χ1) is 12.1. The van der Waals surface area contributed by atoms with E-state index in [4.69, 9.17) is 22.1 Å². The van der Waals surface area contributed by atoms with Gasteiger partial charge in [0.1, 0.15) is 10.8 Å². The van der Waals surface area contributed by atoms with Gasteiger partial charge in [-0.1, -0.05) is 11.6 Å². The maximum Gasteiger partial charge on any atom is 0.410 e. The van der Waals surface area contributed by atoms with Crippen molar-refractivity contribution in [3.05, 3.63) is 23.0 Å². The van der Waals surface area contributed by atoms with E-state index in [0.717, 1.165) is 0 Å². The number of amides is 2. The van der Waals surface area contributed by atoms with Crippen LogP contribution in [-0.2, 0) is 4.74 Å². The van der Waals surface area contributed by atoms with E-state index in [2.05, 4.69) is 10.3 Å². The second kappa shape index (κ2) is 8.09. The number of aliphatic hydroxyl groups excluding tert-OH is 1. The molecule has 26 heavy (non-hydrogen) atoms. The minimum atomic E-state index is -0.622. The normalized spacial score (nSPS) is 20.6. The van der Waals surface area contributed by atoms with E-state index in [9.17, 15) is 14.7 Å². The highest BCUT2D eigenvalue weighted by atomic mass is 35.5. The maximum atomic E-state index is 12.2. The molecule has 2 atom stereocenters. The lowest BCUT2D eigenvalue weighted by molar-refractivity contribution is 0.0117. The Morgan fingerprint density at radius 2 is 2.19 bits per heavy atom. The molecule has 1 saturated heterocycles. The highest BCUT2D eigenvalue weighted by Crippen LogP contribution is 2.26. The van der Waals surface area contributed by atoms with E-state index in [0.29, 0.717) is 25.2 Å². The molecule has 0 aromatic carbocycles. The number of aromatic nitrogens is 1. The van der Waals surface area contributed by atoms with Crippen LogP contribution in [0.5, 0.6) is 0 Å². The summed E-state index contributed by atoms with van der Waals surface area (Å²) >= 11 is 5.91. The fourth-order valence-corrected chi connectivity index (χ4v) is 3.00. The molecule has 2 heterocycles. The molecular formula is C17H25ClN4O4. The van der Waals surface area contributed by atoms with Crippen molar-refractivity contribution < 1.29 is 19.4 Å². The molecule has 1 aromatic heterocycles. The molecule has 1 aliphatic heterocycles. The van der Waals surface area contributed by atoms with Gasteiger partial charge in [-0.3, -0.25) is 4.79 Å². The number of nitrogens with two attached hydrogens (primary N) is 1. The van der Waals surface area contributed by atoms with Crippen molar-refractivity contribution in [2.75, 3.05) is 25.0 Å². The molecule has 2 rings (SSSR count). The van der Waals surface area contributed by atoms with E-state index < -0.39 is 17.6 Å². The molecule has 1 aliphatic rings. The number of primary amides is 1. The number of halogens is 1. The number of carbonyl (C=O) groups is 2. The minimum Gasteiger partial charge on any atom is -0.444 e. The summed E-state index contributed by atoms with van der Waals surface area (Å²) in [6.07, 6.45) is 1.48. The summed E-state index contributed by atoms with van der Waals surface area (Å²) in [5.41, 5.74) is 5.49. The maximum absolute atomic E-state index is 12.2. The zero-order valence-electron chi connectivity index (χ0n) is 15.2. The Kier molecular flexibility index (Phi) is 6.30. The summed E-state index contributed by atoms with van der Waals surface area (Å²) in [6.45, 7) is 6.10. The van der Waals surface area contributed by atoms with Crippen molar-refractivity contribution in [2.45, 2.75) is 38.8 Å². The Hall–Kier alpha value is -2.06. The number of carbonyl (C=O) groups excluding carboxylic acids is 2. The third kappa shape index (κ3) is 5.22. The van der Waals surface area contributed by atoms with Gasteiger partial charge < -0.3 is 25.8 Å². The van der Waals surface area contributed by atoms with E-state index in [1.54, 1.807) is 25.7 Å². The number of hydrogen-bond acceptors (Lipinski definition) is 6. The number of pyridine rings is 1. The monoisotopic (exact) mass is 384 g/mol. The number of hydrogen-bond donors (Lipinski definition) is 3. The number of ether oxygens (including phenoxy) is 1. The van der Waals surface area contributed by atoms with Gasteiger partial charge in [-0.05, 0) is 33.3 Å². The van der Waals surface area contributed by atoms with Crippen LogP contribution in [0.3, 0.4) is 0 Å². The van der Waals surface area contributed by atoms with Crippen LogP contribution < -0.4 is 11.1 Å². The van der Waals surface area contributed by atoms with Crippen LogP contribution in [0.1, 0.15) is 37.6 Å². The van der Waals surface area contributed by atoms with Crippen LogP contribution in [0.2, 0.25) is 5.15 Å². The van der Waals surface area contributed by atoms with Gasteiger partial charge in [0.15, 0.2) is 0 Å². The molecule has 0 saturated carbocycles. The number of rotatable bonds is 4. The number of likely N-dealkylation sites (tertiary alicyclic amines) is 1. The van der Waals surface area contributed by atoms with Gasteiger partial charge in [0.25, 0.3) is 5.91 Å². The van der Waals surface area contributed by atoms with Gasteiger partial charge >= 0.3 is 6.09 Å². The van der Waals surface area contributed by atoms with Crippen molar-refractivity contribution in [1.82, 2.24) is 9.88 Å². The molecule has 0 aliphatic carbocycles. The first-order valence-corrected chi connectivity index (χ1v) is 8.79. The van der Waals surface area contributed by atoms with Gasteiger partial charge in [0.2, 0.25) is 0 Å². The summed E-state index contributed by atoms with van der Waals surface area (Å²) < 4.78 is 5.39. The fourth-order valence-electron chi connectivity index (χ4n) is 2.84. The lowest BCUT2D eigenvalue weighted by atomic mass is 9.92. The smallest absolute Gasteiger partial charge is 0.410 e. The Balaban J connectivity index is 2.10.